The van der Waals surface area contributed by atoms with Crippen LogP contribution >= 0.6 is 0 Å². The summed E-state index contributed by atoms with van der Waals surface area (Å²) in [6.45, 7) is 2.47. The van der Waals surface area contributed by atoms with E-state index >= 15 is 0 Å². The third-order valence-corrected chi connectivity index (χ3v) is 3.91. The first kappa shape index (κ1) is 16.1. The zero-order chi connectivity index (χ0) is 16.1. The predicted molar refractivity (Wildman–Crippen MR) is 81.8 cm³/mol. The number of benzene rings is 1. The van der Waals surface area contributed by atoms with E-state index in [1.54, 1.807) is 0 Å². The van der Waals surface area contributed by atoms with Gasteiger partial charge < -0.3 is 0 Å². The summed E-state index contributed by atoms with van der Waals surface area (Å²) in [7, 11) is 0. The first-order chi connectivity index (χ1) is 10.6. The maximum absolute atomic E-state index is 12.3. The van der Waals surface area contributed by atoms with E-state index in [0.29, 0.717) is 6.54 Å². The quantitative estimate of drug-likeness (QED) is 0.318. The van der Waals surface area contributed by atoms with Gasteiger partial charge in [-0.1, -0.05) is 45.1 Å². The van der Waals surface area contributed by atoms with Gasteiger partial charge in [-0.25, -0.2) is 0 Å². The summed E-state index contributed by atoms with van der Waals surface area (Å²) < 4.78 is 0. The minimum absolute atomic E-state index is 0.0662. The predicted octanol–water partition coefficient (Wildman–Crippen LogP) is 3.55. The van der Waals surface area contributed by atoms with Gasteiger partial charge in [-0.3, -0.25) is 24.6 Å². The van der Waals surface area contributed by atoms with E-state index in [1.165, 1.54) is 31.0 Å². The highest BCUT2D eigenvalue weighted by molar-refractivity contribution is 6.23. The van der Waals surface area contributed by atoms with Crippen molar-refractivity contribution in [3.63, 3.8) is 0 Å². The molecule has 118 valence electrons. The van der Waals surface area contributed by atoms with E-state index in [0.717, 1.165) is 30.6 Å². The zero-order valence-corrected chi connectivity index (χ0v) is 12.7. The summed E-state index contributed by atoms with van der Waals surface area (Å²) in [5.41, 5.74) is -0.213. The third-order valence-electron chi connectivity index (χ3n) is 3.91. The number of nitro benzene ring substituents is 1. The first-order valence-corrected chi connectivity index (χ1v) is 7.71. The lowest BCUT2D eigenvalue weighted by Gasteiger charge is -2.13. The average molecular weight is 304 g/mol. The minimum Gasteiger partial charge on any atom is -0.274 e. The van der Waals surface area contributed by atoms with Crippen molar-refractivity contribution in [3.05, 3.63) is 39.4 Å². The van der Waals surface area contributed by atoms with Crippen molar-refractivity contribution in [1.82, 2.24) is 4.90 Å². The van der Waals surface area contributed by atoms with Gasteiger partial charge in [0.1, 0.15) is 5.56 Å². The fourth-order valence-corrected chi connectivity index (χ4v) is 2.72. The van der Waals surface area contributed by atoms with Crippen LogP contribution in [0.25, 0.3) is 0 Å². The molecule has 0 atom stereocenters. The van der Waals surface area contributed by atoms with Gasteiger partial charge in [0.05, 0.1) is 10.5 Å². The van der Waals surface area contributed by atoms with Gasteiger partial charge in [0.2, 0.25) is 0 Å². The monoisotopic (exact) mass is 304 g/mol. The molecule has 1 aromatic carbocycles. The SMILES string of the molecule is CCCCCCCCN1C(=O)c2cccc([N+](=O)[O-])c2C1=O. The summed E-state index contributed by atoms with van der Waals surface area (Å²) in [4.78, 5) is 36.1. The first-order valence-electron chi connectivity index (χ1n) is 7.71. The van der Waals surface area contributed by atoms with E-state index < -0.39 is 16.7 Å². The summed E-state index contributed by atoms with van der Waals surface area (Å²) >= 11 is 0. The number of nitrogens with zero attached hydrogens (tertiary/aromatic N) is 2. The molecule has 1 aliphatic heterocycles. The lowest BCUT2D eigenvalue weighted by atomic mass is 10.1. The number of rotatable bonds is 8. The van der Waals surface area contributed by atoms with Gasteiger partial charge in [-0.05, 0) is 12.5 Å². The molecule has 0 fully saturated rings. The highest BCUT2D eigenvalue weighted by Crippen LogP contribution is 2.30. The molecule has 2 amide bonds. The number of fused-ring (bicyclic) bond motifs is 1. The maximum Gasteiger partial charge on any atom is 0.282 e. The molecule has 6 heteroatoms. The van der Waals surface area contributed by atoms with Crippen molar-refractivity contribution in [2.24, 2.45) is 0 Å². The molecule has 1 heterocycles. The summed E-state index contributed by atoms with van der Waals surface area (Å²) in [6.07, 6.45) is 6.29. The van der Waals surface area contributed by atoms with Crippen LogP contribution in [-0.2, 0) is 0 Å². The topological polar surface area (TPSA) is 80.5 Å². The van der Waals surface area contributed by atoms with Gasteiger partial charge in [0, 0.05) is 12.6 Å². The van der Waals surface area contributed by atoms with Crippen LogP contribution < -0.4 is 0 Å². The Bertz CT molecular complexity index is 598. The van der Waals surface area contributed by atoms with E-state index in [9.17, 15) is 19.7 Å². The average Bonchev–Trinajstić information content (AvgIpc) is 2.75. The fourth-order valence-electron chi connectivity index (χ4n) is 2.72. The van der Waals surface area contributed by atoms with Crippen LogP contribution in [0.1, 0.15) is 66.2 Å². The molecule has 6 nitrogen and oxygen atoms in total. The van der Waals surface area contributed by atoms with Crippen molar-refractivity contribution in [2.45, 2.75) is 45.4 Å². The van der Waals surface area contributed by atoms with Crippen LogP contribution in [0.5, 0.6) is 0 Å². The number of imide groups is 1. The number of carbonyl (C=O) groups is 2. The second-order valence-electron chi connectivity index (χ2n) is 5.49. The molecule has 22 heavy (non-hydrogen) atoms. The molecule has 1 aliphatic rings. The molecule has 2 rings (SSSR count). The Labute approximate surface area is 129 Å². The number of amides is 2. The summed E-state index contributed by atoms with van der Waals surface area (Å²) in [5, 5.41) is 11.0. The highest BCUT2D eigenvalue weighted by atomic mass is 16.6. The molecule has 0 spiro atoms. The van der Waals surface area contributed by atoms with E-state index in [1.807, 2.05) is 0 Å². The fraction of sp³-hybridized carbons (Fsp3) is 0.500. The molecule has 0 radical (unpaired) electrons. The second kappa shape index (κ2) is 7.15. The van der Waals surface area contributed by atoms with Crippen LogP contribution in [0.2, 0.25) is 0 Å². The number of hydrogen-bond acceptors (Lipinski definition) is 4. The van der Waals surface area contributed by atoms with Gasteiger partial charge in [0.15, 0.2) is 0 Å². The van der Waals surface area contributed by atoms with Crippen molar-refractivity contribution in [3.8, 4) is 0 Å². The van der Waals surface area contributed by atoms with E-state index in [2.05, 4.69) is 6.92 Å². The smallest absolute Gasteiger partial charge is 0.274 e. The molecule has 0 aromatic heterocycles. The Morgan fingerprint density at radius 1 is 1.05 bits per heavy atom. The molecule has 0 aliphatic carbocycles. The minimum atomic E-state index is -0.613. The van der Waals surface area contributed by atoms with Crippen molar-refractivity contribution < 1.29 is 14.5 Å². The number of unbranched alkanes of at least 4 members (excludes halogenated alkanes) is 5. The van der Waals surface area contributed by atoms with Crippen LogP contribution in [0.15, 0.2) is 18.2 Å². The van der Waals surface area contributed by atoms with Crippen molar-refractivity contribution in [2.75, 3.05) is 6.54 Å². The Balaban J connectivity index is 2.02. The lowest BCUT2D eigenvalue weighted by molar-refractivity contribution is -0.385. The Hall–Kier alpha value is -2.24. The molecule has 0 unspecified atom stereocenters. The van der Waals surface area contributed by atoms with Crippen LogP contribution in [-0.4, -0.2) is 28.2 Å². The number of carbonyl (C=O) groups excluding carboxylic acids is 2. The van der Waals surface area contributed by atoms with E-state index in [-0.39, 0.29) is 16.8 Å². The van der Waals surface area contributed by atoms with Gasteiger partial charge >= 0.3 is 0 Å². The normalized spacial score (nSPS) is 13.6. The van der Waals surface area contributed by atoms with Gasteiger partial charge in [0.25, 0.3) is 17.5 Å². The second-order valence-corrected chi connectivity index (χ2v) is 5.49. The Morgan fingerprint density at radius 3 is 2.41 bits per heavy atom. The third kappa shape index (κ3) is 3.16. The van der Waals surface area contributed by atoms with Crippen molar-refractivity contribution >= 4 is 17.5 Å². The maximum atomic E-state index is 12.3. The molecular weight excluding hydrogens is 284 g/mol. The Morgan fingerprint density at radius 2 is 1.73 bits per heavy atom. The van der Waals surface area contributed by atoms with Crippen LogP contribution in [0.3, 0.4) is 0 Å². The van der Waals surface area contributed by atoms with E-state index in [4.69, 9.17) is 0 Å². The molecule has 0 saturated heterocycles. The summed E-state index contributed by atoms with van der Waals surface area (Å²) in [5.74, 6) is -0.960. The zero-order valence-electron chi connectivity index (χ0n) is 12.7. The lowest BCUT2D eigenvalue weighted by Crippen LogP contribution is -2.30. The number of nitro groups is 1. The summed E-state index contributed by atoms with van der Waals surface area (Å²) in [6, 6.07) is 4.18. The van der Waals surface area contributed by atoms with Crippen LogP contribution in [0, 0.1) is 10.1 Å². The standard InChI is InChI=1S/C16H20N2O4/c1-2-3-4-5-6-7-11-17-15(19)12-9-8-10-13(18(21)22)14(12)16(17)20/h8-10H,2-7,11H2,1H3. The molecular formula is C16H20N2O4. The molecule has 1 aromatic rings. The Kier molecular flexibility index (Phi) is 5.25. The van der Waals surface area contributed by atoms with Crippen LogP contribution in [0.4, 0.5) is 5.69 Å². The molecule has 0 N–H and O–H groups in total. The largest absolute Gasteiger partial charge is 0.282 e. The molecule has 0 saturated carbocycles. The molecule has 0 bridgehead atoms. The van der Waals surface area contributed by atoms with Crippen molar-refractivity contribution in [1.29, 1.82) is 0 Å². The highest BCUT2D eigenvalue weighted by Gasteiger charge is 2.40. The number of hydrogen-bond donors (Lipinski definition) is 0. The van der Waals surface area contributed by atoms with Gasteiger partial charge in [-0.15, -0.1) is 0 Å². The van der Waals surface area contributed by atoms with Gasteiger partial charge in [-0.2, -0.15) is 0 Å².